The Labute approximate surface area is 391 Å². The SMILES string of the molecule is C=C1/C=C\CCN(c2cccc(-c3cccc(-c4cc(-c5ccccc5)nc(-c5cccc(-n6c7ccccc7c7cc(C(C)(C)C)ccc76)c5)n4)c3)c2)c2ccc(C(C)(C)C)cc21.CC. The number of rotatable bonds is 6. The number of aromatic nitrogens is 3. The molecular weight excluding hydrogens is 801 g/mol. The van der Waals surface area contributed by atoms with Gasteiger partial charge in [-0.05, 0) is 112 Å². The van der Waals surface area contributed by atoms with Crippen LogP contribution < -0.4 is 4.90 Å². The zero-order chi connectivity index (χ0) is 46.2. The maximum atomic E-state index is 5.34. The predicted molar refractivity (Wildman–Crippen MR) is 283 cm³/mol. The number of hydrogen-bond donors (Lipinski definition) is 0. The second kappa shape index (κ2) is 17.9. The highest BCUT2D eigenvalue weighted by molar-refractivity contribution is 6.09. The van der Waals surface area contributed by atoms with Gasteiger partial charge < -0.3 is 9.47 Å². The Hall–Kier alpha value is -7.30. The molecular formula is C62H60N4. The summed E-state index contributed by atoms with van der Waals surface area (Å²) in [6, 6.07) is 61.5. The summed E-state index contributed by atoms with van der Waals surface area (Å²) in [5, 5.41) is 2.50. The van der Waals surface area contributed by atoms with Crippen molar-refractivity contribution < 1.29 is 0 Å². The number of anilines is 2. The van der Waals surface area contributed by atoms with E-state index in [0.717, 1.165) is 69.1 Å². The maximum Gasteiger partial charge on any atom is 0.160 e. The second-order valence-electron chi connectivity index (χ2n) is 19.2. The van der Waals surface area contributed by atoms with Crippen LogP contribution in [0.5, 0.6) is 0 Å². The van der Waals surface area contributed by atoms with Crippen LogP contribution in [0.25, 0.3) is 78.1 Å². The minimum atomic E-state index is 0.0396. The molecule has 0 amide bonds. The fraction of sp³-hybridized carbons (Fsp3) is 0.194. The number of hydrogen-bond acceptors (Lipinski definition) is 3. The lowest BCUT2D eigenvalue weighted by Crippen LogP contribution is -2.21. The third kappa shape index (κ3) is 8.64. The molecule has 0 radical (unpaired) electrons. The molecule has 0 bridgehead atoms. The van der Waals surface area contributed by atoms with E-state index in [0.29, 0.717) is 5.82 Å². The van der Waals surface area contributed by atoms with Crippen molar-refractivity contribution in [2.45, 2.75) is 72.6 Å². The average molecular weight is 861 g/mol. The topological polar surface area (TPSA) is 34.0 Å². The Morgan fingerprint density at radius 1 is 0.485 bits per heavy atom. The van der Waals surface area contributed by atoms with Gasteiger partial charge in [-0.15, -0.1) is 0 Å². The largest absolute Gasteiger partial charge is 0.341 e. The third-order valence-corrected chi connectivity index (χ3v) is 12.7. The molecule has 0 aliphatic carbocycles. The molecule has 0 unspecified atom stereocenters. The van der Waals surface area contributed by atoms with Crippen molar-refractivity contribution in [3.05, 3.63) is 205 Å². The molecule has 0 fully saturated rings. The van der Waals surface area contributed by atoms with E-state index in [1.807, 2.05) is 19.9 Å². The fourth-order valence-corrected chi connectivity index (χ4v) is 9.10. The maximum absolute atomic E-state index is 5.34. The van der Waals surface area contributed by atoms with Crippen LogP contribution in [0.3, 0.4) is 0 Å². The first-order valence-electron chi connectivity index (χ1n) is 23.5. The normalized spacial score (nSPS) is 13.5. The van der Waals surface area contributed by atoms with Crippen molar-refractivity contribution in [2.75, 3.05) is 11.4 Å². The Morgan fingerprint density at radius 2 is 1.06 bits per heavy atom. The quantitative estimate of drug-likeness (QED) is 0.167. The molecule has 2 aromatic heterocycles. The predicted octanol–water partition coefficient (Wildman–Crippen LogP) is 17.0. The molecule has 7 aromatic carbocycles. The van der Waals surface area contributed by atoms with Crippen LogP contribution in [0.15, 0.2) is 189 Å². The van der Waals surface area contributed by atoms with Crippen molar-refractivity contribution >= 4 is 38.8 Å². The van der Waals surface area contributed by atoms with Gasteiger partial charge in [0.15, 0.2) is 5.82 Å². The van der Waals surface area contributed by atoms with Crippen LogP contribution in [0, 0.1) is 0 Å². The van der Waals surface area contributed by atoms with Gasteiger partial charge in [0.05, 0.1) is 22.4 Å². The Bertz CT molecular complexity index is 3260. The summed E-state index contributed by atoms with van der Waals surface area (Å²) in [6.45, 7) is 23.0. The summed E-state index contributed by atoms with van der Waals surface area (Å²) in [4.78, 5) is 13.0. The molecule has 0 atom stereocenters. The zero-order valence-electron chi connectivity index (χ0n) is 39.7. The average Bonchev–Trinajstić information content (AvgIpc) is 3.67. The smallest absolute Gasteiger partial charge is 0.160 e. The van der Waals surface area contributed by atoms with Gasteiger partial charge in [0.1, 0.15) is 0 Å². The van der Waals surface area contributed by atoms with Crippen LogP contribution in [0.2, 0.25) is 0 Å². The summed E-state index contributed by atoms with van der Waals surface area (Å²) in [5.74, 6) is 0.683. The first-order chi connectivity index (χ1) is 31.9. The molecule has 9 aromatic rings. The Morgan fingerprint density at radius 3 is 1.82 bits per heavy atom. The van der Waals surface area contributed by atoms with E-state index in [1.165, 1.54) is 44.2 Å². The zero-order valence-corrected chi connectivity index (χ0v) is 39.7. The van der Waals surface area contributed by atoms with E-state index in [9.17, 15) is 0 Å². The third-order valence-electron chi connectivity index (χ3n) is 12.7. The standard InChI is InChI=1S/C60H54N4.C2H6/c1-40-18-13-14-33-63(55-31-29-46(37-51(40)55)59(2,3)4)48-25-16-22-43(35-48)42-21-15-23-44(34-42)54-39-53(41-19-9-8-10-20-41)61-58(62-54)45-24-17-26-49(36-45)64-56-28-12-11-27-50(56)52-38-47(60(5,6)7)30-32-57(52)64;1-2/h8-13,15-32,34-39H,1,14,33H2,2-7H3;1-2H3/b18-13-;. The van der Waals surface area contributed by atoms with E-state index < -0.39 is 0 Å². The highest BCUT2D eigenvalue weighted by Gasteiger charge is 2.22. The molecule has 328 valence electrons. The highest BCUT2D eigenvalue weighted by atomic mass is 15.1. The van der Waals surface area contributed by atoms with Crippen LogP contribution in [-0.2, 0) is 10.8 Å². The Kier molecular flexibility index (Phi) is 11.9. The van der Waals surface area contributed by atoms with Crippen molar-refractivity contribution in [1.82, 2.24) is 14.5 Å². The molecule has 66 heavy (non-hydrogen) atoms. The summed E-state index contributed by atoms with van der Waals surface area (Å²) < 4.78 is 2.38. The molecule has 10 rings (SSSR count). The van der Waals surface area contributed by atoms with E-state index in [2.05, 4.69) is 234 Å². The molecule has 4 heteroatoms. The fourth-order valence-electron chi connectivity index (χ4n) is 9.10. The number of nitrogens with zero attached hydrogens (tertiary/aromatic N) is 4. The van der Waals surface area contributed by atoms with E-state index in [4.69, 9.17) is 9.97 Å². The molecule has 4 nitrogen and oxygen atoms in total. The monoisotopic (exact) mass is 860 g/mol. The van der Waals surface area contributed by atoms with Gasteiger partial charge in [-0.25, -0.2) is 9.97 Å². The van der Waals surface area contributed by atoms with Crippen LogP contribution in [0.1, 0.15) is 78.5 Å². The van der Waals surface area contributed by atoms with Crippen molar-refractivity contribution in [3.8, 4) is 50.7 Å². The summed E-state index contributed by atoms with van der Waals surface area (Å²) in [5.41, 5.74) is 17.8. The van der Waals surface area contributed by atoms with Gasteiger partial charge in [-0.2, -0.15) is 0 Å². The number of benzene rings is 7. The van der Waals surface area contributed by atoms with Crippen LogP contribution in [0.4, 0.5) is 11.4 Å². The summed E-state index contributed by atoms with van der Waals surface area (Å²) in [6.07, 6.45) is 5.35. The van der Waals surface area contributed by atoms with Crippen LogP contribution in [-0.4, -0.2) is 21.1 Å². The van der Waals surface area contributed by atoms with E-state index in [1.54, 1.807) is 0 Å². The lowest BCUT2D eigenvalue weighted by molar-refractivity contribution is 0.590. The van der Waals surface area contributed by atoms with Crippen molar-refractivity contribution in [3.63, 3.8) is 0 Å². The molecule has 0 N–H and O–H groups in total. The van der Waals surface area contributed by atoms with Crippen LogP contribution >= 0.6 is 0 Å². The molecule has 0 saturated heterocycles. The second-order valence-corrected chi connectivity index (χ2v) is 19.2. The van der Waals surface area contributed by atoms with Gasteiger partial charge in [-0.3, -0.25) is 0 Å². The molecule has 1 aliphatic rings. The Balaban J connectivity index is 0.00000270. The molecule has 1 aliphatic heterocycles. The lowest BCUT2D eigenvalue weighted by atomic mass is 9.84. The summed E-state index contributed by atoms with van der Waals surface area (Å²) in [7, 11) is 0. The number of para-hydroxylation sites is 1. The highest BCUT2D eigenvalue weighted by Crippen LogP contribution is 2.40. The molecule has 0 saturated carbocycles. The van der Waals surface area contributed by atoms with Gasteiger partial charge >= 0.3 is 0 Å². The van der Waals surface area contributed by atoms with Crippen molar-refractivity contribution in [1.29, 1.82) is 0 Å². The van der Waals surface area contributed by atoms with Crippen molar-refractivity contribution in [2.24, 2.45) is 0 Å². The van der Waals surface area contributed by atoms with Gasteiger partial charge in [-0.1, -0.05) is 177 Å². The van der Waals surface area contributed by atoms with E-state index in [-0.39, 0.29) is 10.8 Å². The number of fused-ring (bicyclic) bond motifs is 4. The first kappa shape index (κ1) is 43.9. The minimum Gasteiger partial charge on any atom is -0.341 e. The first-order valence-corrected chi connectivity index (χ1v) is 23.5. The number of allylic oxidation sites excluding steroid dienone is 2. The lowest BCUT2D eigenvalue weighted by Gasteiger charge is -2.30. The van der Waals surface area contributed by atoms with Gasteiger partial charge in [0.2, 0.25) is 0 Å². The van der Waals surface area contributed by atoms with E-state index >= 15 is 0 Å². The summed E-state index contributed by atoms with van der Waals surface area (Å²) >= 11 is 0. The van der Waals surface area contributed by atoms with Gasteiger partial charge in [0.25, 0.3) is 0 Å². The van der Waals surface area contributed by atoms with Gasteiger partial charge in [0, 0.05) is 56.6 Å². The minimum absolute atomic E-state index is 0.0396. The molecule has 0 spiro atoms. The molecule has 3 heterocycles.